The summed E-state index contributed by atoms with van der Waals surface area (Å²) in [6, 6.07) is 13.6. The van der Waals surface area contributed by atoms with Crippen molar-refractivity contribution >= 4 is 33.8 Å². The summed E-state index contributed by atoms with van der Waals surface area (Å²) in [5.74, 6) is -0.491. The van der Waals surface area contributed by atoms with Gasteiger partial charge in [0.05, 0.1) is 5.69 Å². The van der Waals surface area contributed by atoms with Crippen molar-refractivity contribution in [1.29, 1.82) is 0 Å². The van der Waals surface area contributed by atoms with Crippen LogP contribution in [0.2, 0.25) is 0 Å². The van der Waals surface area contributed by atoms with Crippen LogP contribution in [0.3, 0.4) is 0 Å². The van der Waals surface area contributed by atoms with Crippen molar-refractivity contribution in [2.45, 2.75) is 13.8 Å². The first-order valence-electron chi connectivity index (χ1n) is 7.39. The lowest BCUT2D eigenvalue weighted by Crippen LogP contribution is -2.11. The summed E-state index contributed by atoms with van der Waals surface area (Å²) in [4.78, 5) is 17.3. The molecular weight excluding hydrogens is 325 g/mol. The molecule has 0 atom stereocenters. The molecule has 3 aromatic rings. The number of amides is 1. The number of halogens is 1. The fourth-order valence-electron chi connectivity index (χ4n) is 2.14. The fraction of sp³-hybridized carbons (Fsp3) is 0.111. The Morgan fingerprint density at radius 2 is 1.62 bits per heavy atom. The lowest BCUT2D eigenvalue weighted by molar-refractivity contribution is 0.103. The van der Waals surface area contributed by atoms with Crippen molar-refractivity contribution in [3.8, 4) is 0 Å². The Balaban J connectivity index is 1.74. The molecule has 0 aliphatic carbocycles. The summed E-state index contributed by atoms with van der Waals surface area (Å²) in [5, 5.41) is 6.54. The predicted octanol–water partition coefficient (Wildman–Crippen LogP) is 4.89. The molecule has 0 saturated heterocycles. The van der Waals surface area contributed by atoms with E-state index < -0.39 is 0 Å². The van der Waals surface area contributed by atoms with Gasteiger partial charge in [0, 0.05) is 11.4 Å². The Kier molecular flexibility index (Phi) is 4.57. The molecule has 0 bridgehead atoms. The van der Waals surface area contributed by atoms with Gasteiger partial charge < -0.3 is 10.6 Å². The third-order valence-corrected chi connectivity index (χ3v) is 4.48. The number of hydrogen-bond donors (Lipinski definition) is 2. The van der Waals surface area contributed by atoms with Crippen molar-refractivity contribution < 1.29 is 9.18 Å². The van der Waals surface area contributed by atoms with Gasteiger partial charge in [-0.15, -0.1) is 0 Å². The highest BCUT2D eigenvalue weighted by molar-refractivity contribution is 7.17. The van der Waals surface area contributed by atoms with E-state index in [0.29, 0.717) is 15.7 Å². The summed E-state index contributed by atoms with van der Waals surface area (Å²) in [7, 11) is 0. The normalized spacial score (nSPS) is 10.5. The van der Waals surface area contributed by atoms with E-state index in [1.807, 2.05) is 31.2 Å². The van der Waals surface area contributed by atoms with E-state index in [1.165, 1.54) is 23.5 Å². The molecule has 2 N–H and O–H groups in total. The molecular formula is C18H16FN3OS. The minimum Gasteiger partial charge on any atom is -0.332 e. The number of thiazole rings is 1. The number of carbonyl (C=O) groups is 1. The molecule has 0 fully saturated rings. The van der Waals surface area contributed by atoms with Gasteiger partial charge in [0.2, 0.25) is 0 Å². The van der Waals surface area contributed by atoms with E-state index in [-0.39, 0.29) is 11.7 Å². The maximum Gasteiger partial charge on any atom is 0.267 e. The van der Waals surface area contributed by atoms with E-state index in [2.05, 4.69) is 15.6 Å². The van der Waals surface area contributed by atoms with Crippen molar-refractivity contribution in [1.82, 2.24) is 4.98 Å². The molecule has 0 radical (unpaired) electrons. The smallest absolute Gasteiger partial charge is 0.267 e. The van der Waals surface area contributed by atoms with Crippen molar-refractivity contribution in [3.05, 3.63) is 70.5 Å². The van der Waals surface area contributed by atoms with Crippen LogP contribution in [0.15, 0.2) is 48.5 Å². The zero-order valence-electron chi connectivity index (χ0n) is 13.3. The van der Waals surface area contributed by atoms with Crippen LogP contribution in [0.1, 0.15) is 20.9 Å². The summed E-state index contributed by atoms with van der Waals surface area (Å²) in [6.45, 7) is 3.78. The molecule has 0 aliphatic heterocycles. The first-order chi connectivity index (χ1) is 11.5. The third-order valence-electron chi connectivity index (χ3n) is 3.41. The number of aromatic nitrogens is 1. The topological polar surface area (TPSA) is 54.0 Å². The molecule has 1 aromatic heterocycles. The zero-order chi connectivity index (χ0) is 17.1. The van der Waals surface area contributed by atoms with Crippen LogP contribution in [0, 0.1) is 19.7 Å². The second kappa shape index (κ2) is 6.80. The molecule has 0 aliphatic rings. The SMILES string of the molecule is Cc1ccc(NC(=O)c2sc(Nc3ccc(F)cc3)nc2C)cc1. The molecule has 1 heterocycles. The summed E-state index contributed by atoms with van der Waals surface area (Å²) < 4.78 is 12.9. The van der Waals surface area contributed by atoms with E-state index in [0.717, 1.165) is 16.9 Å². The quantitative estimate of drug-likeness (QED) is 0.710. The Morgan fingerprint density at radius 1 is 1.00 bits per heavy atom. The number of hydrogen-bond acceptors (Lipinski definition) is 4. The summed E-state index contributed by atoms with van der Waals surface area (Å²) in [6.07, 6.45) is 0. The first-order valence-corrected chi connectivity index (χ1v) is 8.21. The average molecular weight is 341 g/mol. The lowest BCUT2D eigenvalue weighted by Gasteiger charge is -2.04. The molecule has 24 heavy (non-hydrogen) atoms. The summed E-state index contributed by atoms with van der Waals surface area (Å²) >= 11 is 1.26. The van der Waals surface area contributed by atoms with Crippen LogP contribution < -0.4 is 10.6 Å². The molecule has 3 rings (SSSR count). The van der Waals surface area contributed by atoms with Crippen molar-refractivity contribution in [3.63, 3.8) is 0 Å². The highest BCUT2D eigenvalue weighted by atomic mass is 32.1. The highest BCUT2D eigenvalue weighted by Crippen LogP contribution is 2.26. The van der Waals surface area contributed by atoms with Gasteiger partial charge in [0.25, 0.3) is 5.91 Å². The third kappa shape index (κ3) is 3.78. The molecule has 4 nitrogen and oxygen atoms in total. The zero-order valence-corrected chi connectivity index (χ0v) is 14.1. The number of carbonyl (C=O) groups excluding carboxylic acids is 1. The molecule has 6 heteroatoms. The van der Waals surface area contributed by atoms with Crippen LogP contribution in [0.5, 0.6) is 0 Å². The average Bonchev–Trinajstić information content (AvgIpc) is 2.92. The van der Waals surface area contributed by atoms with Gasteiger partial charge >= 0.3 is 0 Å². The van der Waals surface area contributed by atoms with Gasteiger partial charge in [-0.2, -0.15) is 0 Å². The monoisotopic (exact) mass is 341 g/mol. The van der Waals surface area contributed by atoms with Crippen LogP contribution in [0.25, 0.3) is 0 Å². The fourth-order valence-corrected chi connectivity index (χ4v) is 3.02. The maximum atomic E-state index is 12.9. The molecule has 1 amide bonds. The minimum atomic E-state index is -0.297. The number of aryl methyl sites for hydroxylation is 2. The van der Waals surface area contributed by atoms with E-state index in [9.17, 15) is 9.18 Å². The van der Waals surface area contributed by atoms with Gasteiger partial charge in [-0.1, -0.05) is 29.0 Å². The number of rotatable bonds is 4. The number of anilines is 3. The Labute approximate surface area is 143 Å². The van der Waals surface area contributed by atoms with E-state index >= 15 is 0 Å². The van der Waals surface area contributed by atoms with Gasteiger partial charge in [-0.3, -0.25) is 4.79 Å². The van der Waals surface area contributed by atoms with E-state index in [1.54, 1.807) is 19.1 Å². The Morgan fingerprint density at radius 3 is 2.29 bits per heavy atom. The van der Waals surface area contributed by atoms with Gasteiger partial charge in [-0.05, 0) is 50.2 Å². The largest absolute Gasteiger partial charge is 0.332 e. The second-order valence-corrected chi connectivity index (χ2v) is 6.38. The minimum absolute atomic E-state index is 0.194. The molecule has 122 valence electrons. The van der Waals surface area contributed by atoms with Crippen LogP contribution in [0.4, 0.5) is 20.9 Å². The standard InChI is InChI=1S/C18H16FN3OS/c1-11-3-7-14(8-4-11)21-17(23)16-12(2)20-18(24-16)22-15-9-5-13(19)6-10-15/h3-10H,1-2H3,(H,20,22)(H,21,23). The van der Waals surface area contributed by atoms with Crippen LogP contribution >= 0.6 is 11.3 Å². The number of nitrogens with one attached hydrogen (secondary N) is 2. The Hall–Kier alpha value is -2.73. The molecule has 0 saturated carbocycles. The maximum absolute atomic E-state index is 12.9. The number of nitrogens with zero attached hydrogens (tertiary/aromatic N) is 1. The van der Waals surface area contributed by atoms with Crippen LogP contribution in [-0.2, 0) is 0 Å². The number of benzene rings is 2. The lowest BCUT2D eigenvalue weighted by atomic mass is 10.2. The van der Waals surface area contributed by atoms with Gasteiger partial charge in [0.1, 0.15) is 10.7 Å². The predicted molar refractivity (Wildman–Crippen MR) is 95.7 cm³/mol. The second-order valence-electron chi connectivity index (χ2n) is 5.39. The molecule has 0 unspecified atom stereocenters. The van der Waals surface area contributed by atoms with Gasteiger partial charge in [0.15, 0.2) is 5.13 Å². The van der Waals surface area contributed by atoms with Crippen molar-refractivity contribution in [2.24, 2.45) is 0 Å². The molecule has 2 aromatic carbocycles. The van der Waals surface area contributed by atoms with E-state index in [4.69, 9.17) is 0 Å². The highest BCUT2D eigenvalue weighted by Gasteiger charge is 2.15. The van der Waals surface area contributed by atoms with Gasteiger partial charge in [-0.25, -0.2) is 9.37 Å². The molecule has 0 spiro atoms. The first kappa shape index (κ1) is 16.1. The summed E-state index contributed by atoms with van der Waals surface area (Å²) in [5.41, 5.74) is 3.24. The Bertz CT molecular complexity index is 857. The van der Waals surface area contributed by atoms with Crippen LogP contribution in [-0.4, -0.2) is 10.9 Å². The van der Waals surface area contributed by atoms with Crippen molar-refractivity contribution in [2.75, 3.05) is 10.6 Å².